The van der Waals surface area contributed by atoms with E-state index in [0.29, 0.717) is 0 Å². The molecule has 204 valence electrons. The van der Waals surface area contributed by atoms with Crippen LogP contribution in [0.15, 0.2) is 0 Å². The minimum atomic E-state index is -1.82. The predicted molar refractivity (Wildman–Crippen MR) is 113 cm³/mol. The highest BCUT2D eigenvalue weighted by Gasteiger charge is 2.79. The fourth-order valence-corrected chi connectivity index (χ4v) is 5.73. The number of aliphatic hydroxyl groups is 8. The molecule has 16 nitrogen and oxygen atoms in total. The zero-order valence-corrected chi connectivity index (χ0v) is 19.2. The second kappa shape index (κ2) is 10.1. The molecule has 0 amide bonds. The zero-order chi connectivity index (χ0) is 25.9. The average molecular weight is 532 g/mol. The van der Waals surface area contributed by atoms with Crippen LogP contribution in [0.5, 0.6) is 0 Å². The Kier molecular flexibility index (Phi) is 8.02. The van der Waals surface area contributed by atoms with E-state index in [2.05, 4.69) is 0 Å². The van der Waals surface area contributed by atoms with Crippen LogP contribution in [0.2, 0.25) is 0 Å². The molecule has 15 atom stereocenters. The first-order valence-corrected chi connectivity index (χ1v) is 11.8. The average Bonchev–Trinajstić information content (AvgIpc) is 3.47. The van der Waals surface area contributed by atoms with Gasteiger partial charge in [-0.3, -0.25) is 0 Å². The third-order valence-electron chi connectivity index (χ3n) is 6.82. The summed E-state index contributed by atoms with van der Waals surface area (Å²) < 4.78 is 27.8. The lowest BCUT2D eigenvalue weighted by molar-refractivity contribution is -0.348. The standard InChI is InChI=1S/C18H33N3O13S/c19-6-9(25)11(4(1-22)30-14(6)28)32-15-7(20)10(26)12(5(2-23)31-15)33-16-8(21)13(27)18(29)17(3-24,34-16)35-18/h4-16,22-29H,1-3,19-21H2/t4-,5-,6-,7-,8+,9-,10-,11?,12?,13?,14-,15+,16+,17-,18-/m1/s1. The van der Waals surface area contributed by atoms with E-state index in [-0.39, 0.29) is 0 Å². The maximum Gasteiger partial charge on any atom is 0.183 e. The Hall–Kier alpha value is -0.290. The zero-order valence-electron chi connectivity index (χ0n) is 18.4. The SMILES string of the molecule is N[C@H]1[C@H](OC2[C@@H](CO)O[C@@H](O)[C@H](N)[C@H]2O)O[C@H](CO)C(O[C@H]2O[C@]3(CO)S[C@]3(O)C(O)[C@@H]2N)[C@@H]1O. The fourth-order valence-electron chi connectivity index (χ4n) is 4.56. The second-order valence-electron chi connectivity index (χ2n) is 9.03. The van der Waals surface area contributed by atoms with Crippen molar-refractivity contribution in [3.05, 3.63) is 0 Å². The van der Waals surface area contributed by atoms with Crippen molar-refractivity contribution in [1.29, 1.82) is 0 Å². The molecule has 4 aliphatic heterocycles. The predicted octanol–water partition coefficient (Wildman–Crippen LogP) is -7.27. The quantitative estimate of drug-likeness (QED) is 0.136. The topological polar surface area (TPSA) is 286 Å². The number of fused-ring (bicyclic) bond motifs is 1. The van der Waals surface area contributed by atoms with E-state index in [1.54, 1.807) is 0 Å². The van der Waals surface area contributed by atoms with Gasteiger partial charge in [-0.25, -0.2) is 0 Å². The largest absolute Gasteiger partial charge is 0.394 e. The van der Waals surface area contributed by atoms with Gasteiger partial charge in [0.2, 0.25) is 0 Å². The van der Waals surface area contributed by atoms with E-state index >= 15 is 0 Å². The first-order chi connectivity index (χ1) is 16.4. The molecule has 0 saturated carbocycles. The van der Waals surface area contributed by atoms with Crippen molar-refractivity contribution >= 4 is 11.8 Å². The molecule has 0 spiro atoms. The summed E-state index contributed by atoms with van der Waals surface area (Å²) >= 11 is 0.758. The van der Waals surface area contributed by atoms with E-state index < -0.39 is 109 Å². The van der Waals surface area contributed by atoms with Crippen molar-refractivity contribution in [3.8, 4) is 0 Å². The maximum absolute atomic E-state index is 10.9. The summed E-state index contributed by atoms with van der Waals surface area (Å²) in [5.74, 6) is 0. The Morgan fingerprint density at radius 2 is 1.31 bits per heavy atom. The second-order valence-corrected chi connectivity index (χ2v) is 10.5. The van der Waals surface area contributed by atoms with Gasteiger partial charge in [0.15, 0.2) is 28.7 Å². The Balaban J connectivity index is 1.46. The molecule has 0 radical (unpaired) electrons. The van der Waals surface area contributed by atoms with Gasteiger partial charge < -0.3 is 81.7 Å². The third kappa shape index (κ3) is 4.51. The lowest BCUT2D eigenvalue weighted by atomic mass is 9.94. The summed E-state index contributed by atoms with van der Waals surface area (Å²) in [6, 6.07) is -3.90. The summed E-state index contributed by atoms with van der Waals surface area (Å²) in [7, 11) is 0. The van der Waals surface area contributed by atoms with Crippen LogP contribution in [0, 0.1) is 0 Å². The van der Waals surface area contributed by atoms with Crippen molar-refractivity contribution in [3.63, 3.8) is 0 Å². The number of aliphatic hydroxyl groups excluding tert-OH is 7. The highest BCUT2D eigenvalue weighted by Crippen LogP contribution is 2.67. The third-order valence-corrected chi connectivity index (χ3v) is 8.37. The number of thioether (sulfide) groups is 1. The molecule has 35 heavy (non-hydrogen) atoms. The van der Waals surface area contributed by atoms with E-state index in [1.165, 1.54) is 0 Å². The minimum Gasteiger partial charge on any atom is -0.394 e. The summed E-state index contributed by atoms with van der Waals surface area (Å²) in [4.78, 5) is -3.40. The van der Waals surface area contributed by atoms with E-state index in [4.69, 9.17) is 40.9 Å². The summed E-state index contributed by atoms with van der Waals surface area (Å²) in [6.07, 6.45) is -14.2. The molecule has 4 aliphatic rings. The summed E-state index contributed by atoms with van der Waals surface area (Å²) in [6.45, 7) is -2.01. The van der Waals surface area contributed by atoms with Crippen molar-refractivity contribution in [2.45, 2.75) is 89.6 Å². The molecule has 17 heteroatoms. The number of rotatable bonds is 7. The molecular formula is C18H33N3O13S. The molecule has 0 aliphatic carbocycles. The van der Waals surface area contributed by atoms with Crippen LogP contribution in [-0.2, 0) is 23.7 Å². The van der Waals surface area contributed by atoms with Crippen molar-refractivity contribution in [2.24, 2.45) is 17.2 Å². The van der Waals surface area contributed by atoms with Crippen LogP contribution < -0.4 is 17.2 Å². The first kappa shape index (κ1) is 27.7. The van der Waals surface area contributed by atoms with Crippen LogP contribution in [0.25, 0.3) is 0 Å². The maximum atomic E-state index is 10.9. The summed E-state index contributed by atoms with van der Waals surface area (Å²) in [5, 5.41) is 80.9. The van der Waals surface area contributed by atoms with Crippen LogP contribution >= 0.6 is 11.8 Å². The normalized spacial score (nSPS) is 56.5. The van der Waals surface area contributed by atoms with Gasteiger partial charge in [0.25, 0.3) is 0 Å². The number of nitrogens with two attached hydrogens (primary N) is 3. The fraction of sp³-hybridized carbons (Fsp3) is 1.00. The lowest BCUT2D eigenvalue weighted by Crippen LogP contribution is -2.69. The van der Waals surface area contributed by atoms with Crippen molar-refractivity contribution < 1.29 is 64.5 Å². The van der Waals surface area contributed by atoms with Crippen molar-refractivity contribution in [1.82, 2.24) is 0 Å². The highest BCUT2D eigenvalue weighted by molar-refractivity contribution is 8.09. The molecule has 3 unspecified atom stereocenters. The smallest absolute Gasteiger partial charge is 0.183 e. The molecule has 4 fully saturated rings. The van der Waals surface area contributed by atoms with Gasteiger partial charge in [-0.15, -0.1) is 0 Å². The molecule has 0 bridgehead atoms. The number of hydrogen-bond donors (Lipinski definition) is 11. The first-order valence-electron chi connectivity index (χ1n) is 11.0. The van der Waals surface area contributed by atoms with Crippen LogP contribution in [0.4, 0.5) is 0 Å². The van der Waals surface area contributed by atoms with Gasteiger partial charge >= 0.3 is 0 Å². The molecular weight excluding hydrogens is 498 g/mol. The van der Waals surface area contributed by atoms with Gasteiger partial charge in [-0.2, -0.15) is 0 Å². The minimum absolute atomic E-state index is 0.651. The molecule has 4 heterocycles. The molecule has 14 N–H and O–H groups in total. The van der Waals surface area contributed by atoms with Crippen LogP contribution in [-0.4, -0.2) is 150 Å². The van der Waals surface area contributed by atoms with E-state index in [0.717, 1.165) is 11.8 Å². The molecule has 0 aromatic heterocycles. The Morgan fingerprint density at radius 3 is 1.89 bits per heavy atom. The Morgan fingerprint density at radius 1 is 0.771 bits per heavy atom. The Bertz CT molecular complexity index is 756. The van der Waals surface area contributed by atoms with E-state index in [1.807, 2.05) is 0 Å². The number of ether oxygens (including phenoxy) is 5. The molecule has 0 aromatic rings. The monoisotopic (exact) mass is 531 g/mol. The molecule has 4 rings (SSSR count). The van der Waals surface area contributed by atoms with Crippen LogP contribution in [0.1, 0.15) is 0 Å². The molecule has 4 saturated heterocycles. The highest BCUT2D eigenvalue weighted by atomic mass is 32.2. The molecule has 0 aromatic carbocycles. The number of hydrogen-bond acceptors (Lipinski definition) is 17. The van der Waals surface area contributed by atoms with Gasteiger partial charge in [0.1, 0.15) is 42.7 Å². The van der Waals surface area contributed by atoms with Crippen LogP contribution in [0.3, 0.4) is 0 Å². The van der Waals surface area contributed by atoms with Gasteiger partial charge in [-0.1, -0.05) is 11.8 Å². The van der Waals surface area contributed by atoms with Crippen molar-refractivity contribution in [2.75, 3.05) is 19.8 Å². The van der Waals surface area contributed by atoms with Gasteiger partial charge in [-0.05, 0) is 0 Å². The van der Waals surface area contributed by atoms with E-state index in [9.17, 15) is 40.9 Å². The van der Waals surface area contributed by atoms with Gasteiger partial charge in [0.05, 0.1) is 37.9 Å². The lowest BCUT2D eigenvalue weighted by Gasteiger charge is -2.48. The Labute approximate surface area is 203 Å². The van der Waals surface area contributed by atoms with Gasteiger partial charge in [0, 0.05) is 0 Å². The summed E-state index contributed by atoms with van der Waals surface area (Å²) in [5.41, 5.74) is 17.7.